The number of carbonyl (C=O) groups excluding carboxylic acids is 1. The number of hydrogen-bond donors (Lipinski definition) is 1. The number of pyridine rings is 1. The Balaban J connectivity index is 1.96. The summed E-state index contributed by atoms with van der Waals surface area (Å²) in [6.07, 6.45) is 0.867. The van der Waals surface area contributed by atoms with Crippen molar-refractivity contribution >= 4 is 44.7 Å². The molecule has 0 aliphatic carbocycles. The molecule has 0 spiro atoms. The molecule has 0 saturated heterocycles. The fraction of sp³-hybridized carbons (Fsp3) is 0.238. The third kappa shape index (κ3) is 3.42. The number of ether oxygens (including phenoxy) is 1. The summed E-state index contributed by atoms with van der Waals surface area (Å²) in [5, 5.41) is 25.0. The second kappa shape index (κ2) is 7.00. The van der Waals surface area contributed by atoms with Gasteiger partial charge in [-0.15, -0.1) is 11.3 Å². The van der Waals surface area contributed by atoms with Crippen molar-refractivity contribution in [1.29, 1.82) is 5.26 Å². The van der Waals surface area contributed by atoms with E-state index >= 15 is 0 Å². The van der Waals surface area contributed by atoms with Crippen LogP contribution in [0.15, 0.2) is 36.5 Å². The first-order chi connectivity index (χ1) is 14.2. The SMILES string of the molecule is Cc1nc2ccc(N(C(=O)OC(C)(C)C)c3cc(O)c(C#N)c4ccnn34)cc2s1. The van der Waals surface area contributed by atoms with E-state index in [9.17, 15) is 15.2 Å². The molecule has 3 aromatic heterocycles. The lowest BCUT2D eigenvalue weighted by atomic mass is 10.2. The van der Waals surface area contributed by atoms with Gasteiger partial charge in [0.05, 0.1) is 32.6 Å². The summed E-state index contributed by atoms with van der Waals surface area (Å²) in [4.78, 5) is 19.0. The highest BCUT2D eigenvalue weighted by Crippen LogP contribution is 2.35. The van der Waals surface area contributed by atoms with Crippen LogP contribution in [0.2, 0.25) is 0 Å². The maximum atomic E-state index is 13.2. The van der Waals surface area contributed by atoms with Crippen LogP contribution >= 0.6 is 11.3 Å². The van der Waals surface area contributed by atoms with Gasteiger partial charge in [-0.1, -0.05) is 0 Å². The molecule has 1 aromatic carbocycles. The van der Waals surface area contributed by atoms with E-state index in [0.717, 1.165) is 15.2 Å². The normalized spacial score (nSPS) is 11.6. The maximum Gasteiger partial charge on any atom is 0.420 e. The van der Waals surface area contributed by atoms with E-state index in [2.05, 4.69) is 10.1 Å². The average molecular weight is 421 g/mol. The number of aryl methyl sites for hydroxylation is 1. The number of aromatic nitrogens is 3. The Kier molecular flexibility index (Phi) is 4.59. The number of aromatic hydroxyl groups is 1. The number of amides is 1. The van der Waals surface area contributed by atoms with Crippen LogP contribution in [-0.4, -0.2) is 31.4 Å². The first-order valence-corrected chi connectivity index (χ1v) is 10.00. The van der Waals surface area contributed by atoms with Gasteiger partial charge in [0.1, 0.15) is 28.8 Å². The molecule has 0 aliphatic heterocycles. The van der Waals surface area contributed by atoms with Crippen molar-refractivity contribution in [3.8, 4) is 11.8 Å². The Morgan fingerprint density at radius 3 is 2.77 bits per heavy atom. The third-order valence-electron chi connectivity index (χ3n) is 4.29. The highest BCUT2D eigenvalue weighted by atomic mass is 32.1. The summed E-state index contributed by atoms with van der Waals surface area (Å²) in [6.45, 7) is 7.25. The van der Waals surface area contributed by atoms with Crippen molar-refractivity contribution in [2.24, 2.45) is 0 Å². The first kappa shape index (κ1) is 19.7. The molecule has 1 N–H and O–H groups in total. The second-order valence-corrected chi connectivity index (χ2v) is 8.94. The fourth-order valence-corrected chi connectivity index (χ4v) is 4.00. The zero-order valence-electron chi connectivity index (χ0n) is 16.9. The second-order valence-electron chi connectivity index (χ2n) is 7.70. The van der Waals surface area contributed by atoms with Crippen molar-refractivity contribution < 1.29 is 14.6 Å². The fourth-order valence-electron chi connectivity index (χ4n) is 3.14. The molecule has 0 saturated carbocycles. The number of carbonyl (C=O) groups is 1. The zero-order chi connectivity index (χ0) is 21.6. The molecule has 9 heteroatoms. The van der Waals surface area contributed by atoms with Crippen LogP contribution in [0.5, 0.6) is 5.75 Å². The van der Waals surface area contributed by atoms with E-state index < -0.39 is 11.7 Å². The van der Waals surface area contributed by atoms with E-state index in [0.29, 0.717) is 11.2 Å². The van der Waals surface area contributed by atoms with Crippen molar-refractivity contribution in [2.45, 2.75) is 33.3 Å². The van der Waals surface area contributed by atoms with Gasteiger partial charge in [-0.3, -0.25) is 0 Å². The largest absolute Gasteiger partial charge is 0.506 e. The number of anilines is 2. The van der Waals surface area contributed by atoms with Crippen LogP contribution < -0.4 is 4.90 Å². The van der Waals surface area contributed by atoms with Gasteiger partial charge in [0.2, 0.25) is 0 Å². The Labute approximate surface area is 176 Å². The van der Waals surface area contributed by atoms with Gasteiger partial charge in [0.25, 0.3) is 0 Å². The van der Waals surface area contributed by atoms with E-state index in [4.69, 9.17) is 4.74 Å². The monoisotopic (exact) mass is 421 g/mol. The van der Waals surface area contributed by atoms with Crippen LogP contribution in [0.3, 0.4) is 0 Å². The minimum atomic E-state index is -0.738. The Morgan fingerprint density at radius 2 is 2.07 bits per heavy atom. The zero-order valence-corrected chi connectivity index (χ0v) is 17.7. The van der Waals surface area contributed by atoms with Gasteiger partial charge in [-0.05, 0) is 52.0 Å². The van der Waals surface area contributed by atoms with Crippen LogP contribution in [0.25, 0.3) is 15.7 Å². The predicted molar refractivity (Wildman–Crippen MR) is 114 cm³/mol. The summed E-state index contributed by atoms with van der Waals surface area (Å²) in [5.74, 6) is 0.00473. The number of nitrogens with zero attached hydrogens (tertiary/aromatic N) is 5. The van der Waals surface area contributed by atoms with Gasteiger partial charge in [-0.25, -0.2) is 19.2 Å². The van der Waals surface area contributed by atoms with E-state index in [1.165, 1.54) is 33.0 Å². The van der Waals surface area contributed by atoms with Crippen molar-refractivity contribution in [3.05, 3.63) is 47.1 Å². The molecule has 3 heterocycles. The van der Waals surface area contributed by atoms with E-state index in [-0.39, 0.29) is 17.1 Å². The van der Waals surface area contributed by atoms with Crippen molar-refractivity contribution in [3.63, 3.8) is 0 Å². The van der Waals surface area contributed by atoms with Gasteiger partial charge < -0.3 is 9.84 Å². The Bertz CT molecular complexity index is 1330. The highest BCUT2D eigenvalue weighted by molar-refractivity contribution is 7.18. The standard InChI is InChI=1S/C21H19N5O3S/c1-12-24-15-6-5-13(9-18(15)30-12)25(20(28)29-21(2,3)4)19-10-17(27)14(11-22)16-7-8-23-26(16)19/h5-10,27H,1-4H3. The summed E-state index contributed by atoms with van der Waals surface area (Å²) in [7, 11) is 0. The molecule has 4 rings (SSSR count). The Morgan fingerprint density at radius 1 is 1.30 bits per heavy atom. The molecule has 0 fully saturated rings. The Hall–Kier alpha value is -3.64. The molecule has 8 nitrogen and oxygen atoms in total. The molecule has 0 unspecified atom stereocenters. The lowest BCUT2D eigenvalue weighted by Crippen LogP contribution is -2.35. The van der Waals surface area contributed by atoms with E-state index in [1.54, 1.807) is 32.9 Å². The number of rotatable bonds is 2. The minimum absolute atomic E-state index is 0.0777. The van der Waals surface area contributed by atoms with Crippen LogP contribution in [0, 0.1) is 18.3 Å². The van der Waals surface area contributed by atoms with Crippen LogP contribution in [0.1, 0.15) is 31.3 Å². The van der Waals surface area contributed by atoms with Gasteiger partial charge in [0, 0.05) is 6.07 Å². The molecule has 1 amide bonds. The molecular formula is C21H19N5O3S. The molecule has 30 heavy (non-hydrogen) atoms. The van der Waals surface area contributed by atoms with Gasteiger partial charge in [-0.2, -0.15) is 10.4 Å². The van der Waals surface area contributed by atoms with Crippen LogP contribution in [0.4, 0.5) is 16.3 Å². The first-order valence-electron chi connectivity index (χ1n) is 9.18. The molecule has 4 aromatic rings. The smallest absolute Gasteiger partial charge is 0.420 e. The topological polar surface area (TPSA) is 104 Å². The molecule has 0 aliphatic rings. The number of nitriles is 1. The predicted octanol–water partition coefficient (Wildman–Crippen LogP) is 4.90. The molecule has 0 atom stereocenters. The van der Waals surface area contributed by atoms with Crippen molar-refractivity contribution in [2.75, 3.05) is 4.90 Å². The number of benzene rings is 1. The maximum absolute atomic E-state index is 13.2. The quantitative estimate of drug-likeness (QED) is 0.493. The summed E-state index contributed by atoms with van der Waals surface area (Å²) < 4.78 is 7.98. The summed E-state index contributed by atoms with van der Waals surface area (Å²) >= 11 is 1.51. The molecular weight excluding hydrogens is 402 g/mol. The lowest BCUT2D eigenvalue weighted by Gasteiger charge is -2.28. The molecule has 152 valence electrons. The van der Waals surface area contributed by atoms with Crippen molar-refractivity contribution in [1.82, 2.24) is 14.6 Å². The summed E-state index contributed by atoms with van der Waals surface area (Å²) in [6, 6.07) is 10.3. The molecule has 0 bridgehead atoms. The van der Waals surface area contributed by atoms with Gasteiger partial charge >= 0.3 is 6.09 Å². The number of fused-ring (bicyclic) bond motifs is 2. The minimum Gasteiger partial charge on any atom is -0.506 e. The average Bonchev–Trinajstić information content (AvgIpc) is 3.26. The lowest BCUT2D eigenvalue weighted by molar-refractivity contribution is 0.0597. The van der Waals surface area contributed by atoms with E-state index in [1.807, 2.05) is 25.1 Å². The highest BCUT2D eigenvalue weighted by Gasteiger charge is 2.29. The van der Waals surface area contributed by atoms with Crippen LogP contribution in [-0.2, 0) is 4.74 Å². The third-order valence-corrected chi connectivity index (χ3v) is 5.23. The molecule has 0 radical (unpaired) electrons. The van der Waals surface area contributed by atoms with Gasteiger partial charge in [0.15, 0.2) is 0 Å². The summed E-state index contributed by atoms with van der Waals surface area (Å²) in [5.41, 5.74) is 1.08. The number of hydrogen-bond acceptors (Lipinski definition) is 7. The number of thiazole rings is 1.